The highest BCUT2D eigenvalue weighted by molar-refractivity contribution is 7.90. The maximum absolute atomic E-state index is 11.8. The topological polar surface area (TPSA) is 83.8 Å². The first kappa shape index (κ1) is 16.0. The van der Waals surface area contributed by atoms with Gasteiger partial charge in [-0.15, -0.1) is 0 Å². The summed E-state index contributed by atoms with van der Waals surface area (Å²) in [6.45, 7) is -0.429. The number of methoxy groups -OCH3 is 1. The highest BCUT2D eigenvalue weighted by Gasteiger charge is 2.17. The molecule has 19 heavy (non-hydrogen) atoms. The average Bonchev–Trinajstić information content (AvgIpc) is 2.36. The van der Waals surface area contributed by atoms with Gasteiger partial charge in [0, 0.05) is 18.2 Å². The lowest BCUT2D eigenvalue weighted by atomic mass is 10.1. The van der Waals surface area contributed by atoms with Crippen LogP contribution in [0.25, 0.3) is 0 Å². The molecule has 1 aromatic carbocycles. The van der Waals surface area contributed by atoms with Crippen LogP contribution in [0, 0.1) is 0 Å². The molecule has 1 rings (SSSR count). The van der Waals surface area contributed by atoms with Crippen molar-refractivity contribution in [3.05, 3.63) is 29.3 Å². The molecule has 0 aliphatic rings. The minimum atomic E-state index is -3.46. The summed E-state index contributed by atoms with van der Waals surface area (Å²) in [4.78, 5) is 0.0805. The second kappa shape index (κ2) is 6.42. The van der Waals surface area contributed by atoms with E-state index in [1.807, 2.05) is 0 Å². The molecular formula is C12H16O5S2. The number of ether oxygens (including phenoxy) is 1. The maximum atomic E-state index is 11.8. The van der Waals surface area contributed by atoms with Crippen LogP contribution in [0.3, 0.4) is 0 Å². The fraction of sp³-hybridized carbons (Fsp3) is 0.417. The molecule has 0 radical (unpaired) electrons. The van der Waals surface area contributed by atoms with E-state index in [1.165, 1.54) is 13.2 Å². The van der Waals surface area contributed by atoms with Crippen molar-refractivity contribution in [2.24, 2.45) is 0 Å². The number of aliphatic hydroxyl groups is 2. The van der Waals surface area contributed by atoms with Gasteiger partial charge in [-0.2, -0.15) is 0 Å². The zero-order valence-corrected chi connectivity index (χ0v) is 12.3. The van der Waals surface area contributed by atoms with Gasteiger partial charge in [-0.3, -0.25) is 0 Å². The first-order valence-electron chi connectivity index (χ1n) is 5.49. The Morgan fingerprint density at radius 1 is 1.47 bits per heavy atom. The molecule has 0 bridgehead atoms. The lowest BCUT2D eigenvalue weighted by Crippen LogP contribution is -2.17. The predicted octanol–water partition coefficient (Wildman–Crippen LogP) is 0.308. The van der Waals surface area contributed by atoms with Crippen LogP contribution in [-0.4, -0.2) is 49.8 Å². The van der Waals surface area contributed by atoms with Gasteiger partial charge in [0.1, 0.15) is 0 Å². The van der Waals surface area contributed by atoms with Gasteiger partial charge in [0.25, 0.3) is 0 Å². The van der Waals surface area contributed by atoms with Crippen LogP contribution in [0.4, 0.5) is 0 Å². The van der Waals surface area contributed by atoms with E-state index < -0.39 is 22.5 Å². The molecule has 1 atom stereocenters. The second-order valence-electron chi connectivity index (χ2n) is 4.13. The molecule has 0 aliphatic heterocycles. The third kappa shape index (κ3) is 4.24. The SMILES string of the molecule is COC(=S)c1ccc(CC(O)CO)c(S(C)(=O)=O)c1. The molecular weight excluding hydrogens is 288 g/mol. The molecule has 0 heterocycles. The Morgan fingerprint density at radius 2 is 2.11 bits per heavy atom. The van der Waals surface area contributed by atoms with Crippen molar-refractivity contribution in [3.8, 4) is 0 Å². The summed E-state index contributed by atoms with van der Waals surface area (Å²) < 4.78 is 28.4. The lowest BCUT2D eigenvalue weighted by Gasteiger charge is -2.13. The van der Waals surface area contributed by atoms with Crippen molar-refractivity contribution >= 4 is 27.1 Å². The average molecular weight is 304 g/mol. The van der Waals surface area contributed by atoms with Crippen LogP contribution in [0.15, 0.2) is 23.1 Å². The van der Waals surface area contributed by atoms with Gasteiger partial charge >= 0.3 is 0 Å². The Hall–Kier alpha value is -1.02. The summed E-state index contributed by atoms with van der Waals surface area (Å²) in [6, 6.07) is 4.61. The van der Waals surface area contributed by atoms with Crippen molar-refractivity contribution in [1.29, 1.82) is 0 Å². The lowest BCUT2D eigenvalue weighted by molar-refractivity contribution is 0.0950. The van der Waals surface area contributed by atoms with Gasteiger partial charge in [-0.1, -0.05) is 6.07 Å². The van der Waals surface area contributed by atoms with Crippen LogP contribution in [0.5, 0.6) is 0 Å². The van der Waals surface area contributed by atoms with E-state index in [0.29, 0.717) is 11.1 Å². The Labute approximate surface area is 117 Å². The number of thiocarbonyl (C=S) groups is 1. The number of aliphatic hydroxyl groups excluding tert-OH is 2. The monoisotopic (exact) mass is 304 g/mol. The molecule has 106 valence electrons. The van der Waals surface area contributed by atoms with E-state index in [4.69, 9.17) is 22.1 Å². The molecule has 0 aromatic heterocycles. The number of rotatable bonds is 5. The van der Waals surface area contributed by atoms with E-state index in [0.717, 1.165) is 6.26 Å². The minimum Gasteiger partial charge on any atom is -0.486 e. The summed E-state index contributed by atoms with van der Waals surface area (Å²) in [7, 11) is -2.05. The van der Waals surface area contributed by atoms with E-state index in [1.54, 1.807) is 12.1 Å². The molecule has 5 nitrogen and oxygen atoms in total. The van der Waals surface area contributed by atoms with Gasteiger partial charge in [-0.25, -0.2) is 8.42 Å². The normalized spacial score (nSPS) is 13.1. The molecule has 0 saturated carbocycles. The zero-order valence-electron chi connectivity index (χ0n) is 10.7. The van der Waals surface area contributed by atoms with Crippen LogP contribution < -0.4 is 0 Å². The molecule has 2 N–H and O–H groups in total. The maximum Gasteiger partial charge on any atom is 0.190 e. The second-order valence-corrected chi connectivity index (χ2v) is 6.48. The number of benzene rings is 1. The summed E-state index contributed by atoms with van der Waals surface area (Å²) >= 11 is 4.95. The van der Waals surface area contributed by atoms with Crippen molar-refractivity contribution in [2.75, 3.05) is 20.0 Å². The van der Waals surface area contributed by atoms with E-state index in [2.05, 4.69) is 0 Å². The van der Waals surface area contributed by atoms with Crippen molar-refractivity contribution < 1.29 is 23.4 Å². The first-order chi connectivity index (χ1) is 8.79. The van der Waals surface area contributed by atoms with E-state index >= 15 is 0 Å². The Balaban J connectivity index is 3.29. The van der Waals surface area contributed by atoms with Crippen molar-refractivity contribution in [2.45, 2.75) is 17.4 Å². The smallest absolute Gasteiger partial charge is 0.190 e. The highest BCUT2D eigenvalue weighted by Crippen LogP contribution is 2.20. The van der Waals surface area contributed by atoms with Gasteiger partial charge in [0.15, 0.2) is 14.9 Å². The summed E-state index contributed by atoms with van der Waals surface area (Å²) in [5.41, 5.74) is 0.923. The summed E-state index contributed by atoms with van der Waals surface area (Å²) in [6.07, 6.45) is 0.135. The number of hydrogen-bond donors (Lipinski definition) is 2. The molecule has 0 spiro atoms. The molecule has 1 unspecified atom stereocenters. The van der Waals surface area contributed by atoms with E-state index in [-0.39, 0.29) is 16.4 Å². The Kier molecular flexibility index (Phi) is 5.42. The third-order valence-corrected chi connectivity index (χ3v) is 4.14. The standard InChI is InChI=1S/C12H16O5S2/c1-17-12(18)9-4-3-8(5-10(14)7-13)11(6-9)19(2,15)16/h3-4,6,10,13-14H,5,7H2,1-2H3. The highest BCUT2D eigenvalue weighted by atomic mass is 32.2. The largest absolute Gasteiger partial charge is 0.486 e. The van der Waals surface area contributed by atoms with Crippen LogP contribution in [0.2, 0.25) is 0 Å². The summed E-state index contributed by atoms with van der Waals surface area (Å²) in [5.74, 6) is 0. The van der Waals surface area contributed by atoms with Crippen LogP contribution >= 0.6 is 12.2 Å². The fourth-order valence-corrected chi connectivity index (χ4v) is 2.73. The number of sulfone groups is 1. The molecule has 0 fully saturated rings. The molecule has 1 aromatic rings. The van der Waals surface area contributed by atoms with Gasteiger partial charge < -0.3 is 14.9 Å². The molecule has 7 heteroatoms. The quantitative estimate of drug-likeness (QED) is 0.762. The Morgan fingerprint density at radius 3 is 2.58 bits per heavy atom. The van der Waals surface area contributed by atoms with Crippen molar-refractivity contribution in [3.63, 3.8) is 0 Å². The third-order valence-electron chi connectivity index (χ3n) is 2.55. The number of hydrogen-bond acceptors (Lipinski definition) is 6. The minimum absolute atomic E-state index is 0.0545. The predicted molar refractivity (Wildman–Crippen MR) is 75.1 cm³/mol. The molecule has 0 saturated heterocycles. The van der Waals surface area contributed by atoms with Crippen LogP contribution in [-0.2, 0) is 21.0 Å². The fourth-order valence-electron chi connectivity index (χ4n) is 1.63. The van der Waals surface area contributed by atoms with Gasteiger partial charge in [0.05, 0.1) is 24.7 Å². The molecule has 0 aliphatic carbocycles. The van der Waals surface area contributed by atoms with Gasteiger partial charge in [-0.05, 0) is 29.9 Å². The zero-order chi connectivity index (χ0) is 14.6. The van der Waals surface area contributed by atoms with E-state index in [9.17, 15) is 13.5 Å². The van der Waals surface area contributed by atoms with Crippen molar-refractivity contribution in [1.82, 2.24) is 0 Å². The Bertz CT molecular complexity index is 565. The van der Waals surface area contributed by atoms with Gasteiger partial charge in [0.2, 0.25) is 0 Å². The van der Waals surface area contributed by atoms with Crippen LogP contribution in [0.1, 0.15) is 11.1 Å². The first-order valence-corrected chi connectivity index (χ1v) is 7.79. The molecule has 0 amide bonds. The summed E-state index contributed by atoms with van der Waals surface area (Å²) in [5, 5.41) is 18.5.